The summed E-state index contributed by atoms with van der Waals surface area (Å²) in [4.78, 5) is 11.4. The fourth-order valence-corrected chi connectivity index (χ4v) is 1.82. The molecule has 5 heteroatoms. The van der Waals surface area contributed by atoms with Crippen LogP contribution < -0.4 is 20.1 Å². The van der Waals surface area contributed by atoms with Gasteiger partial charge in [-0.25, -0.2) is 4.79 Å². The van der Waals surface area contributed by atoms with Crippen LogP contribution in [0.4, 0.5) is 4.79 Å². The van der Waals surface area contributed by atoms with Crippen LogP contribution in [0, 0.1) is 0 Å². The van der Waals surface area contributed by atoms with Gasteiger partial charge in [0.25, 0.3) is 0 Å². The van der Waals surface area contributed by atoms with Crippen LogP contribution in [0.2, 0.25) is 0 Å². The van der Waals surface area contributed by atoms with Crippen LogP contribution in [-0.2, 0) is 6.42 Å². The van der Waals surface area contributed by atoms with Gasteiger partial charge in [0.2, 0.25) is 0 Å². The number of methoxy groups -OCH3 is 2. The third kappa shape index (κ3) is 4.05. The van der Waals surface area contributed by atoms with Crippen molar-refractivity contribution in [3.63, 3.8) is 0 Å². The van der Waals surface area contributed by atoms with E-state index in [1.54, 1.807) is 14.2 Å². The summed E-state index contributed by atoms with van der Waals surface area (Å²) in [5.74, 6) is 1.42. The highest BCUT2D eigenvalue weighted by Gasteiger charge is 2.22. The van der Waals surface area contributed by atoms with Crippen LogP contribution in [0.15, 0.2) is 18.2 Å². The Morgan fingerprint density at radius 1 is 1.26 bits per heavy atom. The number of hydrogen-bond acceptors (Lipinski definition) is 3. The highest BCUT2D eigenvalue weighted by Crippen LogP contribution is 2.27. The molecule has 1 fully saturated rings. The molecule has 1 aliphatic carbocycles. The molecule has 2 N–H and O–H groups in total. The number of benzene rings is 1. The summed E-state index contributed by atoms with van der Waals surface area (Å²) in [5, 5.41) is 5.73. The lowest BCUT2D eigenvalue weighted by molar-refractivity contribution is 0.240. The van der Waals surface area contributed by atoms with Gasteiger partial charge in [0, 0.05) is 12.6 Å². The van der Waals surface area contributed by atoms with E-state index in [-0.39, 0.29) is 6.03 Å². The summed E-state index contributed by atoms with van der Waals surface area (Å²) < 4.78 is 10.4. The molecular formula is C14H20N2O3. The minimum absolute atomic E-state index is 0.0806. The lowest BCUT2D eigenvalue weighted by atomic mass is 10.1. The number of amides is 2. The average molecular weight is 264 g/mol. The van der Waals surface area contributed by atoms with Crippen LogP contribution in [0.5, 0.6) is 11.5 Å². The van der Waals surface area contributed by atoms with Gasteiger partial charge in [-0.1, -0.05) is 6.07 Å². The van der Waals surface area contributed by atoms with Crippen LogP contribution >= 0.6 is 0 Å². The van der Waals surface area contributed by atoms with Gasteiger partial charge in [0.05, 0.1) is 14.2 Å². The van der Waals surface area contributed by atoms with E-state index in [1.165, 1.54) is 0 Å². The first-order chi connectivity index (χ1) is 9.22. The van der Waals surface area contributed by atoms with Gasteiger partial charge in [-0.2, -0.15) is 0 Å². The van der Waals surface area contributed by atoms with Crippen molar-refractivity contribution in [2.75, 3.05) is 20.8 Å². The number of carbonyl (C=O) groups is 1. The molecule has 1 aromatic carbocycles. The maximum Gasteiger partial charge on any atom is 0.315 e. The van der Waals surface area contributed by atoms with Crippen molar-refractivity contribution < 1.29 is 14.3 Å². The molecule has 0 radical (unpaired) electrons. The van der Waals surface area contributed by atoms with Crippen molar-refractivity contribution in [3.05, 3.63) is 23.8 Å². The zero-order valence-electron chi connectivity index (χ0n) is 11.4. The monoisotopic (exact) mass is 264 g/mol. The Kier molecular flexibility index (Phi) is 4.49. The summed E-state index contributed by atoms with van der Waals surface area (Å²) in [6.45, 7) is 0.605. The Balaban J connectivity index is 1.79. The molecule has 104 valence electrons. The fourth-order valence-electron chi connectivity index (χ4n) is 1.82. The molecule has 1 aliphatic rings. The van der Waals surface area contributed by atoms with Crippen molar-refractivity contribution >= 4 is 6.03 Å². The SMILES string of the molecule is COc1ccc(CCNC(=O)NC2CC2)cc1OC. The second-order valence-corrected chi connectivity index (χ2v) is 4.61. The van der Waals surface area contributed by atoms with Crippen LogP contribution in [0.1, 0.15) is 18.4 Å². The largest absolute Gasteiger partial charge is 0.493 e. The van der Waals surface area contributed by atoms with E-state index in [0.29, 0.717) is 24.1 Å². The maximum absolute atomic E-state index is 11.4. The number of rotatable bonds is 6. The Labute approximate surface area is 113 Å². The standard InChI is InChI=1S/C14H20N2O3/c1-18-12-6-3-10(9-13(12)19-2)7-8-15-14(17)16-11-4-5-11/h3,6,9,11H,4-5,7-8H2,1-2H3,(H2,15,16,17). The Hall–Kier alpha value is -1.91. The molecule has 0 spiro atoms. The van der Waals surface area contributed by atoms with Crippen molar-refractivity contribution in [1.82, 2.24) is 10.6 Å². The highest BCUT2D eigenvalue weighted by atomic mass is 16.5. The van der Waals surface area contributed by atoms with Crippen molar-refractivity contribution in [1.29, 1.82) is 0 Å². The van der Waals surface area contributed by atoms with E-state index in [0.717, 1.165) is 24.8 Å². The van der Waals surface area contributed by atoms with Crippen LogP contribution in [-0.4, -0.2) is 32.8 Å². The molecule has 0 heterocycles. The molecule has 0 aliphatic heterocycles. The molecule has 19 heavy (non-hydrogen) atoms. The fraction of sp³-hybridized carbons (Fsp3) is 0.500. The maximum atomic E-state index is 11.4. The number of ether oxygens (including phenoxy) is 2. The Morgan fingerprint density at radius 2 is 2.00 bits per heavy atom. The van der Waals surface area contributed by atoms with Crippen molar-refractivity contribution in [2.24, 2.45) is 0 Å². The molecule has 2 rings (SSSR count). The van der Waals surface area contributed by atoms with Crippen molar-refractivity contribution in [3.8, 4) is 11.5 Å². The molecule has 0 aromatic heterocycles. The van der Waals surface area contributed by atoms with E-state index < -0.39 is 0 Å². The summed E-state index contributed by atoms with van der Waals surface area (Å²) in [7, 11) is 3.23. The van der Waals surface area contributed by atoms with Crippen LogP contribution in [0.25, 0.3) is 0 Å². The van der Waals surface area contributed by atoms with Gasteiger partial charge in [-0.3, -0.25) is 0 Å². The van der Waals surface area contributed by atoms with E-state index >= 15 is 0 Å². The second kappa shape index (κ2) is 6.31. The molecule has 1 saturated carbocycles. The first-order valence-electron chi connectivity index (χ1n) is 6.48. The molecular weight excluding hydrogens is 244 g/mol. The molecule has 2 amide bonds. The molecule has 0 atom stereocenters. The Morgan fingerprint density at radius 3 is 2.63 bits per heavy atom. The quantitative estimate of drug-likeness (QED) is 0.822. The van der Waals surface area contributed by atoms with Gasteiger partial charge in [-0.05, 0) is 37.0 Å². The smallest absolute Gasteiger partial charge is 0.315 e. The second-order valence-electron chi connectivity index (χ2n) is 4.61. The predicted octanol–water partition coefficient (Wildman–Crippen LogP) is 1.71. The lowest BCUT2D eigenvalue weighted by Crippen LogP contribution is -2.37. The normalized spacial score (nSPS) is 13.8. The van der Waals surface area contributed by atoms with Gasteiger partial charge in [0.1, 0.15) is 0 Å². The summed E-state index contributed by atoms with van der Waals surface area (Å²) >= 11 is 0. The predicted molar refractivity (Wildman–Crippen MR) is 72.8 cm³/mol. The van der Waals surface area contributed by atoms with E-state index in [1.807, 2.05) is 18.2 Å². The Bertz CT molecular complexity index is 444. The molecule has 0 bridgehead atoms. The molecule has 0 unspecified atom stereocenters. The first kappa shape index (κ1) is 13.5. The third-order valence-electron chi connectivity index (χ3n) is 3.06. The minimum Gasteiger partial charge on any atom is -0.493 e. The topological polar surface area (TPSA) is 59.6 Å². The summed E-state index contributed by atoms with van der Waals surface area (Å²) in [5.41, 5.74) is 1.10. The third-order valence-corrected chi connectivity index (χ3v) is 3.06. The van der Waals surface area contributed by atoms with Gasteiger partial charge in [-0.15, -0.1) is 0 Å². The number of urea groups is 1. The van der Waals surface area contributed by atoms with E-state index in [4.69, 9.17) is 9.47 Å². The van der Waals surface area contributed by atoms with Gasteiger partial charge >= 0.3 is 6.03 Å². The summed E-state index contributed by atoms with van der Waals surface area (Å²) in [6.07, 6.45) is 2.96. The number of carbonyl (C=O) groups excluding carboxylic acids is 1. The van der Waals surface area contributed by atoms with E-state index in [2.05, 4.69) is 10.6 Å². The minimum atomic E-state index is -0.0806. The zero-order chi connectivity index (χ0) is 13.7. The first-order valence-corrected chi connectivity index (χ1v) is 6.48. The molecule has 0 saturated heterocycles. The molecule has 1 aromatic rings. The summed E-state index contributed by atoms with van der Waals surface area (Å²) in [6, 6.07) is 6.09. The average Bonchev–Trinajstić information content (AvgIpc) is 3.22. The number of hydrogen-bond donors (Lipinski definition) is 2. The number of nitrogens with one attached hydrogen (secondary N) is 2. The van der Waals surface area contributed by atoms with Crippen LogP contribution in [0.3, 0.4) is 0 Å². The van der Waals surface area contributed by atoms with Gasteiger partial charge < -0.3 is 20.1 Å². The van der Waals surface area contributed by atoms with Crippen molar-refractivity contribution in [2.45, 2.75) is 25.3 Å². The molecule has 5 nitrogen and oxygen atoms in total. The highest BCUT2D eigenvalue weighted by molar-refractivity contribution is 5.74. The zero-order valence-corrected chi connectivity index (χ0v) is 11.4. The lowest BCUT2D eigenvalue weighted by Gasteiger charge is -2.10. The van der Waals surface area contributed by atoms with Gasteiger partial charge in [0.15, 0.2) is 11.5 Å². The van der Waals surface area contributed by atoms with E-state index in [9.17, 15) is 4.79 Å².